The van der Waals surface area contributed by atoms with Crippen molar-refractivity contribution in [2.75, 3.05) is 40.4 Å². The van der Waals surface area contributed by atoms with Crippen LogP contribution in [0.15, 0.2) is 66.7 Å². The Labute approximate surface area is 221 Å². The predicted octanol–water partition coefficient (Wildman–Crippen LogP) is 6.68. The van der Waals surface area contributed by atoms with Crippen LogP contribution in [0, 0.1) is 0 Å². The van der Waals surface area contributed by atoms with Gasteiger partial charge < -0.3 is 14.2 Å². The zero-order valence-corrected chi connectivity index (χ0v) is 21.2. The van der Waals surface area contributed by atoms with Crippen molar-refractivity contribution in [2.24, 2.45) is 0 Å². The van der Waals surface area contributed by atoms with E-state index in [-0.39, 0.29) is 11.5 Å². The summed E-state index contributed by atoms with van der Waals surface area (Å²) in [6.07, 6.45) is 2.67. The van der Waals surface area contributed by atoms with Crippen LogP contribution in [0.25, 0.3) is 20.5 Å². The molecule has 186 valence electrons. The first-order chi connectivity index (χ1) is 19.1. The normalized spacial score (nSPS) is 16.5. The Morgan fingerprint density at radius 2 is 1.56 bits per heavy atom. The number of likely N-dealkylation sites (tertiary alicyclic amines) is 1. The van der Waals surface area contributed by atoms with Gasteiger partial charge in [-0.05, 0) is 98.2 Å². The van der Waals surface area contributed by atoms with Gasteiger partial charge in [0.15, 0.2) is 5.78 Å². The minimum Gasteiger partial charge on any atom is -0.497 e. The highest BCUT2D eigenvalue weighted by molar-refractivity contribution is 7.22. The Morgan fingerprint density at radius 3 is 2.25 bits per heavy atom. The van der Waals surface area contributed by atoms with Gasteiger partial charge in [-0.1, -0.05) is 6.42 Å². The molecule has 5 nitrogen and oxygen atoms in total. The lowest BCUT2D eigenvalue weighted by atomic mass is 9.97. The number of fused-ring (bicyclic) bond motifs is 1. The van der Waals surface area contributed by atoms with E-state index in [0.717, 1.165) is 45.5 Å². The molecule has 1 aliphatic rings. The molecule has 36 heavy (non-hydrogen) atoms. The van der Waals surface area contributed by atoms with Crippen LogP contribution in [-0.2, 0) is 0 Å². The topological polar surface area (TPSA) is 48.0 Å². The van der Waals surface area contributed by atoms with Crippen molar-refractivity contribution >= 4 is 27.2 Å². The van der Waals surface area contributed by atoms with Crippen LogP contribution in [-0.4, -0.2) is 51.0 Å². The fourth-order valence-electron chi connectivity index (χ4n) is 4.35. The van der Waals surface area contributed by atoms with Gasteiger partial charge in [-0.15, -0.1) is 11.3 Å². The first-order valence-electron chi connectivity index (χ1n) is 14.0. The number of rotatable bonds is 9. The molecule has 1 aromatic heterocycles. The second kappa shape index (κ2) is 11.1. The Bertz CT molecular complexity index is 1500. The van der Waals surface area contributed by atoms with Crippen LogP contribution in [0.4, 0.5) is 0 Å². The maximum Gasteiger partial charge on any atom is 0.195 e. The number of carbonyl (C=O) groups excluding carboxylic acids is 1. The number of piperidine rings is 1. The molecule has 0 unspecified atom stereocenters. The minimum atomic E-state index is -2.58. The molecule has 3 aromatic carbocycles. The third-order valence-corrected chi connectivity index (χ3v) is 7.52. The summed E-state index contributed by atoms with van der Waals surface area (Å²) in [4.78, 5) is 16.3. The highest BCUT2D eigenvalue weighted by atomic mass is 32.1. The summed E-state index contributed by atoms with van der Waals surface area (Å²) in [5.74, 6) is 1.40. The molecule has 0 aliphatic carbocycles. The van der Waals surface area contributed by atoms with Crippen LogP contribution in [0.2, 0.25) is 0 Å². The number of benzene rings is 3. The van der Waals surface area contributed by atoms with Crippen molar-refractivity contribution in [2.45, 2.75) is 19.3 Å². The van der Waals surface area contributed by atoms with Crippen LogP contribution in [0.3, 0.4) is 0 Å². The molecule has 1 saturated heterocycles. The van der Waals surface area contributed by atoms with Gasteiger partial charge in [0.05, 0.1) is 17.0 Å². The summed E-state index contributed by atoms with van der Waals surface area (Å²) in [5, 5.41) is 0.813. The molecule has 4 aromatic rings. The first-order valence-corrected chi connectivity index (χ1v) is 12.8. The van der Waals surface area contributed by atoms with E-state index >= 15 is 0 Å². The molecule has 0 radical (unpaired) electrons. The van der Waals surface area contributed by atoms with Crippen molar-refractivity contribution in [1.29, 1.82) is 0 Å². The summed E-state index contributed by atoms with van der Waals surface area (Å²) in [5.41, 5.74) is 1.87. The first kappa shape index (κ1) is 19.8. The molecule has 0 N–H and O–H groups in total. The summed E-state index contributed by atoms with van der Waals surface area (Å²) in [7, 11) is 3.21. The maximum atomic E-state index is 13.9. The van der Waals surface area contributed by atoms with Gasteiger partial charge in [0, 0.05) is 35.3 Å². The molecule has 0 amide bonds. The van der Waals surface area contributed by atoms with Crippen molar-refractivity contribution in [3.05, 3.63) is 77.9 Å². The van der Waals surface area contributed by atoms with Gasteiger partial charge in [-0.3, -0.25) is 9.69 Å². The number of methoxy groups -OCH3 is 2. The maximum absolute atomic E-state index is 13.9. The van der Waals surface area contributed by atoms with E-state index in [1.54, 1.807) is 26.4 Å². The van der Waals surface area contributed by atoms with E-state index in [1.807, 2.05) is 42.5 Å². The number of hydrogen-bond donors (Lipinski definition) is 0. The third kappa shape index (κ3) is 5.25. The zero-order chi connectivity index (χ0) is 28.5. The number of thiophene rings is 1. The fourth-order valence-corrected chi connectivity index (χ4v) is 5.58. The molecule has 1 fully saturated rings. The monoisotopic (exact) mass is 505 g/mol. The Kier molecular flexibility index (Phi) is 6.13. The van der Waals surface area contributed by atoms with Crippen molar-refractivity contribution in [3.63, 3.8) is 0 Å². The van der Waals surface area contributed by atoms with Gasteiger partial charge in [0.1, 0.15) is 23.8 Å². The van der Waals surface area contributed by atoms with Crippen molar-refractivity contribution < 1.29 is 24.5 Å². The van der Waals surface area contributed by atoms with Gasteiger partial charge >= 0.3 is 0 Å². The molecule has 6 heteroatoms. The highest BCUT2D eigenvalue weighted by Gasteiger charge is 2.22. The standard InChI is InChI=1S/C30H31NO4S/c1-33-23-10-8-22(9-11-23)30-28(26-15-14-25(34-2)20-27(26)36-30)29(32)21-6-12-24(13-7-21)35-19-18-31-16-4-3-5-17-31/h6-15,20H,3-5,16-19H2,1-2H3/i18D2,19D2. The van der Waals surface area contributed by atoms with Crippen LogP contribution < -0.4 is 14.2 Å². The average molecular weight is 506 g/mol. The smallest absolute Gasteiger partial charge is 0.195 e. The van der Waals surface area contributed by atoms with Crippen LogP contribution >= 0.6 is 11.3 Å². The van der Waals surface area contributed by atoms with Crippen molar-refractivity contribution in [1.82, 2.24) is 4.90 Å². The van der Waals surface area contributed by atoms with Gasteiger partial charge in [-0.25, -0.2) is 0 Å². The summed E-state index contributed by atoms with van der Waals surface area (Å²) in [6.45, 7) is -3.91. The largest absolute Gasteiger partial charge is 0.497 e. The Balaban J connectivity index is 1.45. The van der Waals surface area contributed by atoms with E-state index in [1.165, 1.54) is 28.4 Å². The summed E-state index contributed by atoms with van der Waals surface area (Å²) in [6, 6.07) is 19.4. The molecule has 0 bridgehead atoms. The quantitative estimate of drug-likeness (QED) is 0.238. The SMILES string of the molecule is [2H]C([2H])(Oc1ccc(C(=O)c2c(-c3ccc(OC)cc3)sc3cc(OC)ccc23)cc1)C([2H])([2H])N1CCCCC1. The number of ketones is 1. The van der Waals surface area contributed by atoms with Gasteiger partial charge in [0.2, 0.25) is 0 Å². The lowest BCUT2D eigenvalue weighted by molar-refractivity contribution is 0.104. The van der Waals surface area contributed by atoms with Crippen LogP contribution in [0.5, 0.6) is 17.2 Å². The zero-order valence-electron chi connectivity index (χ0n) is 24.4. The fraction of sp³-hybridized carbons (Fsp3) is 0.300. The highest BCUT2D eigenvalue weighted by Crippen LogP contribution is 2.41. The second-order valence-corrected chi connectivity index (χ2v) is 9.67. The Hall–Kier alpha value is -3.35. The number of hydrogen-bond acceptors (Lipinski definition) is 6. The molecule has 2 heterocycles. The number of nitrogens with zero attached hydrogens (tertiary/aromatic N) is 1. The van der Waals surface area contributed by atoms with E-state index < -0.39 is 13.1 Å². The summed E-state index contributed by atoms with van der Waals surface area (Å²) < 4.78 is 50.8. The molecule has 0 saturated carbocycles. The number of carbonyl (C=O) groups is 1. The minimum absolute atomic E-state index is 0.151. The molecule has 5 rings (SSSR count). The lowest BCUT2D eigenvalue weighted by Gasteiger charge is -2.26. The average Bonchev–Trinajstić information content (AvgIpc) is 3.36. The van der Waals surface area contributed by atoms with E-state index in [4.69, 9.17) is 19.7 Å². The van der Waals surface area contributed by atoms with E-state index in [0.29, 0.717) is 30.0 Å². The van der Waals surface area contributed by atoms with E-state index in [2.05, 4.69) is 0 Å². The Morgan fingerprint density at radius 1 is 0.889 bits per heavy atom. The summed E-state index contributed by atoms with van der Waals surface area (Å²) >= 11 is 1.51. The molecular weight excluding hydrogens is 470 g/mol. The van der Waals surface area contributed by atoms with E-state index in [9.17, 15) is 4.79 Å². The van der Waals surface area contributed by atoms with Gasteiger partial charge in [0.25, 0.3) is 0 Å². The molecular formula is C30H31NO4S. The van der Waals surface area contributed by atoms with Crippen molar-refractivity contribution in [3.8, 4) is 27.7 Å². The molecule has 1 aliphatic heterocycles. The third-order valence-electron chi connectivity index (χ3n) is 6.32. The van der Waals surface area contributed by atoms with Crippen LogP contribution in [0.1, 0.15) is 40.7 Å². The predicted molar refractivity (Wildman–Crippen MR) is 146 cm³/mol. The lowest BCUT2D eigenvalue weighted by Crippen LogP contribution is -2.33. The molecule has 0 spiro atoms. The second-order valence-electron chi connectivity index (χ2n) is 8.61. The number of ether oxygens (including phenoxy) is 3. The van der Waals surface area contributed by atoms with Gasteiger partial charge in [-0.2, -0.15) is 0 Å². The molecule has 0 atom stereocenters.